The van der Waals surface area contributed by atoms with Crippen molar-refractivity contribution in [2.75, 3.05) is 18.0 Å². The summed E-state index contributed by atoms with van der Waals surface area (Å²) in [4.78, 5) is 12.4. The summed E-state index contributed by atoms with van der Waals surface area (Å²) in [5.41, 5.74) is 0. The summed E-state index contributed by atoms with van der Waals surface area (Å²) in [7, 11) is 0. The second kappa shape index (κ2) is 4.50. The van der Waals surface area contributed by atoms with E-state index in [1.54, 1.807) is 12.1 Å². The molecule has 0 amide bonds. The second-order valence-electron chi connectivity index (χ2n) is 2.77. The Labute approximate surface area is 82.4 Å². The van der Waals surface area contributed by atoms with Crippen LogP contribution in [0.25, 0.3) is 0 Å². The van der Waals surface area contributed by atoms with Crippen LogP contribution in [0.2, 0.25) is 0 Å². The predicted molar refractivity (Wildman–Crippen MR) is 53.8 cm³/mol. The Morgan fingerprint density at radius 2 is 2.43 bits per heavy atom. The minimum atomic E-state index is -1.05. The van der Waals surface area contributed by atoms with Gasteiger partial charge in [0, 0.05) is 19.2 Å². The summed E-state index contributed by atoms with van der Waals surface area (Å²) in [5.74, 6) is -0.529. The van der Waals surface area contributed by atoms with Crippen LogP contribution in [0.15, 0.2) is 29.2 Å². The number of hydrogen-bond donors (Lipinski definition) is 1. The van der Waals surface area contributed by atoms with E-state index in [0.717, 1.165) is 6.54 Å². The number of rotatable bonds is 5. The van der Waals surface area contributed by atoms with Crippen LogP contribution in [0.4, 0.5) is 5.88 Å². The number of hydrogen-bond acceptors (Lipinski definition) is 3. The smallest absolute Gasteiger partial charge is 0.371 e. The first-order valence-corrected chi connectivity index (χ1v) is 4.38. The Kier molecular flexibility index (Phi) is 3.34. The third-order valence-electron chi connectivity index (χ3n) is 1.85. The lowest BCUT2D eigenvalue weighted by Gasteiger charge is -2.16. The van der Waals surface area contributed by atoms with Crippen LogP contribution in [0.3, 0.4) is 0 Å². The summed E-state index contributed by atoms with van der Waals surface area (Å²) in [6.45, 7) is 6.97. The van der Waals surface area contributed by atoms with Crippen molar-refractivity contribution < 1.29 is 14.3 Å². The van der Waals surface area contributed by atoms with Crippen LogP contribution in [0.1, 0.15) is 17.5 Å². The van der Waals surface area contributed by atoms with E-state index in [-0.39, 0.29) is 5.76 Å². The Morgan fingerprint density at radius 3 is 2.86 bits per heavy atom. The van der Waals surface area contributed by atoms with E-state index in [2.05, 4.69) is 6.58 Å². The van der Waals surface area contributed by atoms with Crippen molar-refractivity contribution in [1.82, 2.24) is 0 Å². The molecule has 0 fully saturated rings. The van der Waals surface area contributed by atoms with Crippen LogP contribution < -0.4 is 4.90 Å². The number of furan rings is 1. The van der Waals surface area contributed by atoms with Crippen molar-refractivity contribution in [3.8, 4) is 0 Å². The zero-order valence-corrected chi connectivity index (χ0v) is 8.06. The Morgan fingerprint density at radius 1 is 1.71 bits per heavy atom. The molecule has 14 heavy (non-hydrogen) atoms. The van der Waals surface area contributed by atoms with E-state index >= 15 is 0 Å². The van der Waals surface area contributed by atoms with Gasteiger partial charge in [0.05, 0.1) is 0 Å². The Hall–Kier alpha value is -1.71. The molecule has 1 aromatic heterocycles. The molecule has 4 nitrogen and oxygen atoms in total. The molecule has 0 spiro atoms. The third-order valence-corrected chi connectivity index (χ3v) is 1.85. The lowest BCUT2D eigenvalue weighted by Crippen LogP contribution is -2.21. The van der Waals surface area contributed by atoms with Gasteiger partial charge in [0.15, 0.2) is 5.88 Å². The number of anilines is 1. The highest BCUT2D eigenvalue weighted by molar-refractivity contribution is 5.84. The molecule has 1 N–H and O–H groups in total. The zero-order chi connectivity index (χ0) is 10.6. The SMILES string of the molecule is C=CCN(CC)c1ccc(C(=O)O)o1. The average Bonchev–Trinajstić information content (AvgIpc) is 2.63. The van der Waals surface area contributed by atoms with Crippen LogP contribution in [0, 0.1) is 0 Å². The maximum Gasteiger partial charge on any atom is 0.371 e. The molecule has 1 heterocycles. The van der Waals surface area contributed by atoms with E-state index in [9.17, 15) is 4.79 Å². The molecule has 1 aromatic rings. The van der Waals surface area contributed by atoms with Crippen molar-refractivity contribution in [2.24, 2.45) is 0 Å². The average molecular weight is 195 g/mol. The number of aromatic carboxylic acids is 1. The maximum atomic E-state index is 10.6. The summed E-state index contributed by atoms with van der Waals surface area (Å²) in [6, 6.07) is 3.10. The topological polar surface area (TPSA) is 53.7 Å². The second-order valence-corrected chi connectivity index (χ2v) is 2.77. The van der Waals surface area contributed by atoms with E-state index in [0.29, 0.717) is 12.4 Å². The number of nitrogens with zero attached hydrogens (tertiary/aromatic N) is 1. The quantitative estimate of drug-likeness (QED) is 0.730. The van der Waals surface area contributed by atoms with Crippen molar-refractivity contribution >= 4 is 11.9 Å². The zero-order valence-electron chi connectivity index (χ0n) is 8.06. The van der Waals surface area contributed by atoms with E-state index in [1.807, 2.05) is 11.8 Å². The van der Waals surface area contributed by atoms with Gasteiger partial charge in [0.2, 0.25) is 5.76 Å². The van der Waals surface area contributed by atoms with E-state index in [4.69, 9.17) is 9.52 Å². The van der Waals surface area contributed by atoms with Gasteiger partial charge in [-0.1, -0.05) is 6.08 Å². The molecular formula is C10H13NO3. The van der Waals surface area contributed by atoms with E-state index in [1.165, 1.54) is 6.07 Å². The molecule has 0 bridgehead atoms. The third kappa shape index (κ3) is 2.16. The fraction of sp³-hybridized carbons (Fsp3) is 0.300. The highest BCUT2D eigenvalue weighted by Gasteiger charge is 2.12. The molecule has 0 unspecified atom stereocenters. The fourth-order valence-electron chi connectivity index (χ4n) is 1.14. The number of carbonyl (C=O) groups is 1. The van der Waals surface area contributed by atoms with E-state index < -0.39 is 5.97 Å². The Balaban J connectivity index is 2.83. The molecule has 0 saturated carbocycles. The highest BCUT2D eigenvalue weighted by Crippen LogP contribution is 2.18. The van der Waals surface area contributed by atoms with Crippen LogP contribution in [-0.2, 0) is 0 Å². The van der Waals surface area contributed by atoms with Crippen LogP contribution in [0.5, 0.6) is 0 Å². The normalized spacial score (nSPS) is 9.79. The molecule has 0 aliphatic rings. The predicted octanol–water partition coefficient (Wildman–Crippen LogP) is 1.99. The van der Waals surface area contributed by atoms with Gasteiger partial charge in [-0.25, -0.2) is 4.79 Å². The first-order chi connectivity index (χ1) is 6.69. The maximum absolute atomic E-state index is 10.6. The number of carboxylic acids is 1. The lowest BCUT2D eigenvalue weighted by atomic mass is 10.4. The summed E-state index contributed by atoms with van der Waals surface area (Å²) < 4.78 is 5.13. The number of likely N-dealkylation sites (N-methyl/N-ethyl adjacent to an activating group) is 1. The standard InChI is InChI=1S/C10H13NO3/c1-3-7-11(4-2)9-6-5-8(14-9)10(12)13/h3,5-6H,1,4,7H2,2H3,(H,12,13). The molecule has 4 heteroatoms. The fourth-order valence-corrected chi connectivity index (χ4v) is 1.14. The first kappa shape index (κ1) is 10.4. The molecule has 0 radical (unpaired) electrons. The van der Waals surface area contributed by atoms with Crippen LogP contribution >= 0.6 is 0 Å². The number of carboxylic acid groups (broad SMARTS) is 1. The van der Waals surface area contributed by atoms with Crippen molar-refractivity contribution in [3.63, 3.8) is 0 Å². The summed E-state index contributed by atoms with van der Waals surface area (Å²) in [6.07, 6.45) is 1.74. The molecular weight excluding hydrogens is 182 g/mol. The summed E-state index contributed by atoms with van der Waals surface area (Å²) >= 11 is 0. The molecule has 0 atom stereocenters. The molecule has 1 rings (SSSR count). The van der Waals surface area contributed by atoms with Crippen molar-refractivity contribution in [3.05, 3.63) is 30.5 Å². The monoisotopic (exact) mass is 195 g/mol. The van der Waals surface area contributed by atoms with Gasteiger partial charge in [0.1, 0.15) is 0 Å². The molecule has 76 valence electrons. The minimum Gasteiger partial charge on any atom is -0.475 e. The van der Waals surface area contributed by atoms with Gasteiger partial charge >= 0.3 is 5.97 Å². The molecule has 0 saturated heterocycles. The van der Waals surface area contributed by atoms with Gasteiger partial charge in [0.25, 0.3) is 0 Å². The lowest BCUT2D eigenvalue weighted by molar-refractivity contribution is 0.0663. The van der Waals surface area contributed by atoms with Gasteiger partial charge in [-0.15, -0.1) is 6.58 Å². The van der Waals surface area contributed by atoms with Gasteiger partial charge in [-0.05, 0) is 13.0 Å². The largest absolute Gasteiger partial charge is 0.475 e. The van der Waals surface area contributed by atoms with Crippen molar-refractivity contribution in [2.45, 2.75) is 6.92 Å². The Bertz CT molecular complexity index is 330. The first-order valence-electron chi connectivity index (χ1n) is 4.38. The van der Waals surface area contributed by atoms with Gasteiger partial charge in [-0.2, -0.15) is 0 Å². The minimum absolute atomic E-state index is 0.0393. The summed E-state index contributed by atoms with van der Waals surface area (Å²) in [5, 5.41) is 8.65. The van der Waals surface area contributed by atoms with Gasteiger partial charge < -0.3 is 14.4 Å². The highest BCUT2D eigenvalue weighted by atomic mass is 16.4. The van der Waals surface area contributed by atoms with Crippen LogP contribution in [-0.4, -0.2) is 24.2 Å². The molecule has 0 aliphatic carbocycles. The molecule has 0 aromatic carbocycles. The molecule has 0 aliphatic heterocycles. The van der Waals surface area contributed by atoms with Gasteiger partial charge in [-0.3, -0.25) is 0 Å². The van der Waals surface area contributed by atoms with Crippen molar-refractivity contribution in [1.29, 1.82) is 0 Å².